The molecule has 2 rings (SSSR count). The van der Waals surface area contributed by atoms with E-state index in [9.17, 15) is 29.1 Å². The summed E-state index contributed by atoms with van der Waals surface area (Å²) in [4.78, 5) is 64.5. The Balaban J connectivity index is 2.05. The van der Waals surface area contributed by atoms with Crippen molar-refractivity contribution < 1.29 is 34.2 Å². The van der Waals surface area contributed by atoms with E-state index >= 15 is 0 Å². The van der Waals surface area contributed by atoms with Crippen molar-refractivity contribution in [2.24, 2.45) is 17.8 Å². The number of carboxylic acids is 2. The zero-order chi connectivity index (χ0) is 26.7. The summed E-state index contributed by atoms with van der Waals surface area (Å²) in [6.07, 6.45) is 7.17. The van der Waals surface area contributed by atoms with Crippen LogP contribution in [0.25, 0.3) is 0 Å². The average molecular weight is 510 g/mol. The lowest BCUT2D eigenvalue weighted by Crippen LogP contribution is -2.50. The van der Waals surface area contributed by atoms with Gasteiger partial charge in [-0.1, -0.05) is 33.1 Å². The number of carbonyl (C=O) groups is 5. The van der Waals surface area contributed by atoms with Gasteiger partial charge in [-0.25, -0.2) is 0 Å². The predicted octanol–water partition coefficient (Wildman–Crippen LogP) is 2.50. The summed E-state index contributed by atoms with van der Waals surface area (Å²) in [7, 11) is 0. The van der Waals surface area contributed by atoms with Gasteiger partial charge in [0.05, 0.1) is 25.4 Å². The van der Waals surface area contributed by atoms with E-state index < -0.39 is 23.8 Å². The van der Waals surface area contributed by atoms with Gasteiger partial charge in [0.25, 0.3) is 0 Å². The number of carbonyl (C=O) groups excluding carboxylic acids is 3. The molecule has 10 nitrogen and oxygen atoms in total. The number of nitrogens with one attached hydrogen (secondary N) is 1. The fraction of sp³-hybridized carbons (Fsp3) is 0.808. The molecule has 0 aromatic carbocycles. The molecule has 36 heavy (non-hydrogen) atoms. The molecule has 10 heteroatoms. The fourth-order valence-corrected chi connectivity index (χ4v) is 5.01. The lowest BCUT2D eigenvalue weighted by molar-refractivity contribution is -0.148. The topological polar surface area (TPSA) is 144 Å². The molecular weight excluding hydrogens is 466 g/mol. The van der Waals surface area contributed by atoms with Crippen LogP contribution in [0, 0.1) is 17.8 Å². The average Bonchev–Trinajstić information content (AvgIpc) is 2.84. The summed E-state index contributed by atoms with van der Waals surface area (Å²) < 4.78 is 0. The Morgan fingerprint density at radius 3 is 1.97 bits per heavy atom. The van der Waals surface area contributed by atoms with Crippen LogP contribution in [0.1, 0.15) is 84.5 Å². The summed E-state index contributed by atoms with van der Waals surface area (Å²) in [5, 5.41) is 21.4. The van der Waals surface area contributed by atoms with Gasteiger partial charge in [-0.2, -0.15) is 0 Å². The van der Waals surface area contributed by atoms with Gasteiger partial charge in [0.1, 0.15) is 0 Å². The molecule has 0 atom stereocenters. The maximum atomic E-state index is 13.3. The van der Waals surface area contributed by atoms with E-state index in [-0.39, 0.29) is 49.8 Å². The highest BCUT2D eigenvalue weighted by Crippen LogP contribution is 2.30. The van der Waals surface area contributed by atoms with Crippen LogP contribution in [0.2, 0.25) is 0 Å². The number of aliphatic carboxylic acids is 2. The van der Waals surface area contributed by atoms with Crippen molar-refractivity contribution in [2.75, 3.05) is 26.2 Å². The Labute approximate surface area is 213 Å². The summed E-state index contributed by atoms with van der Waals surface area (Å²) >= 11 is 0. The molecule has 2 saturated carbocycles. The zero-order valence-electron chi connectivity index (χ0n) is 21.7. The van der Waals surface area contributed by atoms with Gasteiger partial charge in [-0.05, 0) is 50.9 Å². The van der Waals surface area contributed by atoms with E-state index in [4.69, 9.17) is 5.11 Å². The first-order valence-electron chi connectivity index (χ1n) is 13.4. The lowest BCUT2D eigenvalue weighted by Gasteiger charge is -2.32. The molecular formula is C26H43N3O7. The Bertz CT molecular complexity index is 771. The van der Waals surface area contributed by atoms with Crippen LogP contribution in [0.15, 0.2) is 0 Å². The van der Waals surface area contributed by atoms with Gasteiger partial charge < -0.3 is 25.3 Å². The minimum Gasteiger partial charge on any atom is -0.481 e. The maximum Gasteiger partial charge on any atom is 0.306 e. The van der Waals surface area contributed by atoms with Crippen LogP contribution < -0.4 is 5.32 Å². The van der Waals surface area contributed by atoms with Crippen LogP contribution in [0.4, 0.5) is 0 Å². The van der Waals surface area contributed by atoms with Gasteiger partial charge in [0, 0.05) is 25.0 Å². The van der Waals surface area contributed by atoms with E-state index in [2.05, 4.69) is 5.32 Å². The number of hydrogen-bond acceptors (Lipinski definition) is 5. The van der Waals surface area contributed by atoms with Crippen molar-refractivity contribution in [3.05, 3.63) is 0 Å². The summed E-state index contributed by atoms with van der Waals surface area (Å²) in [6.45, 7) is 3.94. The molecule has 0 bridgehead atoms. The summed E-state index contributed by atoms with van der Waals surface area (Å²) in [5.74, 6) is -3.44. The van der Waals surface area contributed by atoms with E-state index in [1.807, 2.05) is 13.8 Å². The largest absolute Gasteiger partial charge is 0.481 e. The maximum absolute atomic E-state index is 13.3. The molecule has 2 aliphatic rings. The SMILES string of the molecule is CC(C)CCN(CC(=O)NC1CCCCC1)C(=O)CN(CCC(=O)O)C(=O)C1CCC(C(=O)O)CC1. The zero-order valence-corrected chi connectivity index (χ0v) is 21.7. The van der Waals surface area contributed by atoms with E-state index in [0.717, 1.165) is 25.7 Å². The smallest absolute Gasteiger partial charge is 0.306 e. The number of nitrogens with zero attached hydrogens (tertiary/aromatic N) is 2. The fourth-order valence-electron chi connectivity index (χ4n) is 5.01. The Morgan fingerprint density at radius 1 is 0.806 bits per heavy atom. The van der Waals surface area contributed by atoms with Crippen LogP contribution in [-0.2, 0) is 24.0 Å². The second-order valence-electron chi connectivity index (χ2n) is 10.7. The van der Waals surface area contributed by atoms with Crippen molar-refractivity contribution >= 4 is 29.7 Å². The standard InChI is InChI=1S/C26H43N3O7/c1-18(2)12-14-28(16-22(30)27-21-6-4-3-5-7-21)23(31)17-29(15-13-24(32)33)25(34)19-8-10-20(11-9-19)26(35)36/h18-21H,3-17H2,1-2H3,(H,27,30)(H,32,33)(H,35,36). The third kappa shape index (κ3) is 10.1. The normalized spacial score (nSPS) is 20.5. The molecule has 0 radical (unpaired) electrons. The molecule has 0 saturated heterocycles. The highest BCUT2D eigenvalue weighted by Gasteiger charge is 2.33. The molecule has 0 aliphatic heterocycles. The highest BCUT2D eigenvalue weighted by atomic mass is 16.4. The second kappa shape index (κ2) is 14.8. The number of amides is 3. The van der Waals surface area contributed by atoms with Gasteiger partial charge in [-0.15, -0.1) is 0 Å². The van der Waals surface area contributed by atoms with Gasteiger partial charge >= 0.3 is 11.9 Å². The third-order valence-electron chi connectivity index (χ3n) is 7.29. The first-order valence-corrected chi connectivity index (χ1v) is 13.4. The first-order chi connectivity index (χ1) is 17.1. The second-order valence-corrected chi connectivity index (χ2v) is 10.7. The van der Waals surface area contributed by atoms with E-state index in [1.165, 1.54) is 16.2 Å². The van der Waals surface area contributed by atoms with Crippen molar-refractivity contribution in [3.8, 4) is 0 Å². The lowest BCUT2D eigenvalue weighted by atomic mass is 9.81. The third-order valence-corrected chi connectivity index (χ3v) is 7.29. The summed E-state index contributed by atoms with van der Waals surface area (Å²) in [5.41, 5.74) is 0. The van der Waals surface area contributed by atoms with Crippen LogP contribution >= 0.6 is 0 Å². The quantitative estimate of drug-likeness (QED) is 0.346. The van der Waals surface area contributed by atoms with Crippen LogP contribution in [-0.4, -0.2) is 81.9 Å². The Hall–Kier alpha value is -2.65. The van der Waals surface area contributed by atoms with E-state index in [0.29, 0.717) is 44.6 Å². The molecule has 204 valence electrons. The van der Waals surface area contributed by atoms with Crippen LogP contribution in [0.5, 0.6) is 0 Å². The van der Waals surface area contributed by atoms with Crippen LogP contribution in [0.3, 0.4) is 0 Å². The number of hydrogen-bond donors (Lipinski definition) is 3. The molecule has 0 spiro atoms. The highest BCUT2D eigenvalue weighted by molar-refractivity contribution is 5.89. The molecule has 2 fully saturated rings. The van der Waals surface area contributed by atoms with Crippen molar-refractivity contribution in [3.63, 3.8) is 0 Å². The molecule has 0 unspecified atom stereocenters. The van der Waals surface area contributed by atoms with Crippen molar-refractivity contribution in [1.29, 1.82) is 0 Å². The van der Waals surface area contributed by atoms with Crippen molar-refractivity contribution in [1.82, 2.24) is 15.1 Å². The Morgan fingerprint density at radius 2 is 1.42 bits per heavy atom. The molecule has 0 heterocycles. The Kier molecular flexibility index (Phi) is 12.2. The molecule has 0 aromatic rings. The molecule has 3 amide bonds. The number of carboxylic acid groups (broad SMARTS) is 2. The van der Waals surface area contributed by atoms with Gasteiger partial charge in [-0.3, -0.25) is 24.0 Å². The van der Waals surface area contributed by atoms with Gasteiger partial charge in [0.2, 0.25) is 17.7 Å². The molecule has 2 aliphatic carbocycles. The molecule has 0 aromatic heterocycles. The van der Waals surface area contributed by atoms with E-state index in [1.54, 1.807) is 0 Å². The monoisotopic (exact) mass is 509 g/mol. The summed E-state index contributed by atoms with van der Waals surface area (Å²) in [6, 6.07) is 0.128. The predicted molar refractivity (Wildman–Crippen MR) is 133 cm³/mol. The van der Waals surface area contributed by atoms with Gasteiger partial charge in [0.15, 0.2) is 0 Å². The first kappa shape index (κ1) is 29.6. The molecule has 3 N–H and O–H groups in total. The number of rotatable bonds is 13. The van der Waals surface area contributed by atoms with Crippen molar-refractivity contribution in [2.45, 2.75) is 90.5 Å². The minimum absolute atomic E-state index is 0.0905. The minimum atomic E-state index is -1.07.